The highest BCUT2D eigenvalue weighted by Crippen LogP contribution is 2.35. The molecule has 144 valence electrons. The van der Waals surface area contributed by atoms with Crippen LogP contribution in [-0.2, 0) is 17.8 Å². The smallest absolute Gasteiger partial charge is 0.259 e. The summed E-state index contributed by atoms with van der Waals surface area (Å²) in [4.78, 5) is 4.54. The quantitative estimate of drug-likeness (QED) is 0.483. The lowest BCUT2D eigenvalue weighted by Crippen LogP contribution is -2.02. The van der Waals surface area contributed by atoms with Gasteiger partial charge in [0.25, 0.3) is 11.3 Å². The van der Waals surface area contributed by atoms with Crippen LogP contribution in [0.2, 0.25) is 0 Å². The maximum Gasteiger partial charge on any atom is 0.259 e. The number of benzene rings is 2. The Morgan fingerprint density at radius 3 is 2.50 bits per heavy atom. The van der Waals surface area contributed by atoms with Gasteiger partial charge in [0.1, 0.15) is 0 Å². The average molecular weight is 397 g/mol. The van der Waals surface area contributed by atoms with Gasteiger partial charge in [-0.25, -0.2) is 4.21 Å². The summed E-state index contributed by atoms with van der Waals surface area (Å²) in [5.74, 6) is 1.30. The lowest BCUT2D eigenvalue weighted by molar-refractivity contribution is 0.356. The maximum atomic E-state index is 10.8. The highest BCUT2D eigenvalue weighted by atomic mass is 32.2. The molecule has 1 atom stereocenters. The van der Waals surface area contributed by atoms with Gasteiger partial charge in [-0.3, -0.25) is 14.3 Å². The Labute approximate surface area is 164 Å². The molecule has 28 heavy (non-hydrogen) atoms. The zero-order valence-corrected chi connectivity index (χ0v) is 16.2. The predicted octanol–water partition coefficient (Wildman–Crippen LogP) is 3.80. The van der Waals surface area contributed by atoms with E-state index in [4.69, 9.17) is 14.0 Å². The van der Waals surface area contributed by atoms with Gasteiger partial charge in [0.15, 0.2) is 11.5 Å². The summed E-state index contributed by atoms with van der Waals surface area (Å²) in [6.07, 6.45) is 3.88. The minimum absolute atomic E-state index is 0.591. The van der Waals surface area contributed by atoms with Gasteiger partial charge in [-0.2, -0.15) is 0 Å². The summed E-state index contributed by atoms with van der Waals surface area (Å²) >= 11 is -2.08. The number of fused-ring (bicyclic) bond motifs is 3. The van der Waals surface area contributed by atoms with Crippen molar-refractivity contribution in [1.29, 1.82) is 0 Å². The Balaban J connectivity index is 1.77. The summed E-state index contributed by atoms with van der Waals surface area (Å²) in [5, 5.41) is 2.02. The standard InChI is InChI=1S/C20H19N3O4S/c1-26-18-9-16-17(10-19(18)27-2)21-11-14-7-8-23(20(14)16)12-13-3-5-15(6-4-13)22-28(24)25/h3-11,22H,12H2,1-2H3,(H,24,25). The van der Waals surface area contributed by atoms with Gasteiger partial charge in [0.2, 0.25) is 0 Å². The molecule has 2 N–H and O–H groups in total. The lowest BCUT2D eigenvalue weighted by Gasteiger charge is -2.12. The van der Waals surface area contributed by atoms with Crippen molar-refractivity contribution in [2.45, 2.75) is 6.54 Å². The Morgan fingerprint density at radius 1 is 1.11 bits per heavy atom. The van der Waals surface area contributed by atoms with Crippen LogP contribution in [-0.4, -0.2) is 32.5 Å². The van der Waals surface area contributed by atoms with Crippen LogP contribution in [0.15, 0.2) is 54.9 Å². The van der Waals surface area contributed by atoms with Crippen LogP contribution in [0.5, 0.6) is 11.5 Å². The van der Waals surface area contributed by atoms with Crippen LogP contribution in [0.1, 0.15) is 5.56 Å². The van der Waals surface area contributed by atoms with Gasteiger partial charge in [-0.1, -0.05) is 12.1 Å². The monoisotopic (exact) mass is 397 g/mol. The third-order valence-electron chi connectivity index (χ3n) is 4.61. The highest BCUT2D eigenvalue weighted by Gasteiger charge is 2.12. The van der Waals surface area contributed by atoms with Crippen LogP contribution in [0, 0.1) is 0 Å². The second kappa shape index (κ2) is 7.49. The van der Waals surface area contributed by atoms with Gasteiger partial charge in [0, 0.05) is 41.5 Å². The molecular weight excluding hydrogens is 378 g/mol. The summed E-state index contributed by atoms with van der Waals surface area (Å²) in [6, 6.07) is 13.3. The maximum absolute atomic E-state index is 10.8. The summed E-state index contributed by atoms with van der Waals surface area (Å²) in [5.41, 5.74) is 3.55. The van der Waals surface area contributed by atoms with Crippen molar-refractivity contribution >= 4 is 38.8 Å². The molecule has 8 heteroatoms. The minimum Gasteiger partial charge on any atom is -0.493 e. The summed E-state index contributed by atoms with van der Waals surface area (Å²) in [6.45, 7) is 0.652. The molecule has 2 aromatic heterocycles. The molecule has 0 fully saturated rings. The van der Waals surface area contributed by atoms with Crippen molar-refractivity contribution in [2.24, 2.45) is 0 Å². The van der Waals surface area contributed by atoms with Crippen LogP contribution < -0.4 is 14.2 Å². The number of rotatable bonds is 6. The van der Waals surface area contributed by atoms with Crippen molar-refractivity contribution in [3.8, 4) is 11.5 Å². The third kappa shape index (κ3) is 3.39. The summed E-state index contributed by atoms with van der Waals surface area (Å²) < 4.78 is 35.2. The van der Waals surface area contributed by atoms with E-state index in [1.165, 1.54) is 0 Å². The van der Waals surface area contributed by atoms with E-state index in [2.05, 4.69) is 14.3 Å². The van der Waals surface area contributed by atoms with Gasteiger partial charge in [-0.15, -0.1) is 0 Å². The van der Waals surface area contributed by atoms with E-state index in [0.717, 1.165) is 27.4 Å². The first-order chi connectivity index (χ1) is 13.6. The largest absolute Gasteiger partial charge is 0.493 e. The number of hydrogen-bond acceptors (Lipinski definition) is 4. The predicted molar refractivity (Wildman–Crippen MR) is 110 cm³/mol. The summed E-state index contributed by atoms with van der Waals surface area (Å²) in [7, 11) is 3.22. The number of methoxy groups -OCH3 is 2. The van der Waals surface area contributed by atoms with E-state index in [1.54, 1.807) is 26.4 Å². The molecule has 0 aliphatic heterocycles. The molecule has 0 spiro atoms. The molecule has 0 saturated carbocycles. The van der Waals surface area contributed by atoms with Gasteiger partial charge >= 0.3 is 0 Å². The molecule has 0 bridgehead atoms. The van der Waals surface area contributed by atoms with Crippen LogP contribution in [0.3, 0.4) is 0 Å². The van der Waals surface area contributed by atoms with Gasteiger partial charge in [0.05, 0.1) is 25.3 Å². The average Bonchev–Trinajstić information content (AvgIpc) is 3.11. The van der Waals surface area contributed by atoms with Crippen LogP contribution in [0.25, 0.3) is 21.8 Å². The molecule has 1 unspecified atom stereocenters. The number of hydrogen-bond donors (Lipinski definition) is 2. The van der Waals surface area contributed by atoms with Crippen molar-refractivity contribution in [1.82, 2.24) is 9.55 Å². The van der Waals surface area contributed by atoms with Crippen LogP contribution in [0.4, 0.5) is 5.69 Å². The first kappa shape index (κ1) is 18.3. The fourth-order valence-electron chi connectivity index (χ4n) is 3.32. The molecule has 0 radical (unpaired) electrons. The normalized spacial score (nSPS) is 12.2. The number of aromatic nitrogens is 2. The molecule has 0 saturated heterocycles. The lowest BCUT2D eigenvalue weighted by atomic mass is 10.1. The van der Waals surface area contributed by atoms with E-state index < -0.39 is 11.3 Å². The first-order valence-corrected chi connectivity index (χ1v) is 9.65. The van der Waals surface area contributed by atoms with E-state index in [-0.39, 0.29) is 0 Å². The van der Waals surface area contributed by atoms with Crippen LogP contribution >= 0.6 is 0 Å². The van der Waals surface area contributed by atoms with Crippen molar-refractivity contribution < 1.29 is 18.2 Å². The minimum atomic E-state index is -2.08. The Morgan fingerprint density at radius 2 is 1.82 bits per heavy atom. The SMILES string of the molecule is COc1cc2ncc3ccn(Cc4ccc(NS(=O)O)cc4)c3c2cc1OC. The van der Waals surface area contributed by atoms with Gasteiger partial charge < -0.3 is 14.0 Å². The third-order valence-corrected chi connectivity index (χ3v) is 5.02. The van der Waals surface area contributed by atoms with Crippen molar-refractivity contribution in [3.05, 3.63) is 60.4 Å². The van der Waals surface area contributed by atoms with E-state index in [0.29, 0.717) is 23.7 Å². The number of anilines is 1. The fourth-order valence-corrected chi connectivity index (χ4v) is 3.65. The number of ether oxygens (including phenoxy) is 2. The number of nitrogens with one attached hydrogen (secondary N) is 1. The zero-order valence-electron chi connectivity index (χ0n) is 15.4. The van der Waals surface area contributed by atoms with Crippen molar-refractivity contribution in [2.75, 3.05) is 18.9 Å². The Kier molecular flexibility index (Phi) is 4.89. The number of nitrogens with zero attached hydrogens (tertiary/aromatic N) is 2. The molecule has 4 rings (SSSR count). The van der Waals surface area contributed by atoms with E-state index in [1.807, 2.05) is 42.7 Å². The van der Waals surface area contributed by atoms with E-state index in [9.17, 15) is 4.21 Å². The second-order valence-corrected chi connectivity index (χ2v) is 6.98. The molecule has 2 aromatic carbocycles. The highest BCUT2D eigenvalue weighted by molar-refractivity contribution is 7.80. The first-order valence-electron chi connectivity index (χ1n) is 8.55. The molecule has 0 aliphatic rings. The topological polar surface area (TPSA) is 85.6 Å². The Bertz CT molecular complexity index is 1170. The molecule has 7 nitrogen and oxygen atoms in total. The van der Waals surface area contributed by atoms with E-state index >= 15 is 0 Å². The number of pyridine rings is 1. The molecular formula is C20H19N3O4S. The second-order valence-electron chi connectivity index (χ2n) is 6.28. The fraction of sp³-hybridized carbons (Fsp3) is 0.150. The Hall–Kier alpha value is -3.10. The molecule has 2 heterocycles. The molecule has 0 aliphatic carbocycles. The molecule has 0 amide bonds. The molecule has 4 aromatic rings. The van der Waals surface area contributed by atoms with Crippen molar-refractivity contribution in [3.63, 3.8) is 0 Å². The zero-order chi connectivity index (χ0) is 19.7. The van der Waals surface area contributed by atoms with Gasteiger partial charge in [-0.05, 0) is 29.8 Å².